The lowest BCUT2D eigenvalue weighted by Crippen LogP contribution is -1.79. The molecule has 0 bridgehead atoms. The van der Waals surface area contributed by atoms with E-state index in [0.29, 0.717) is 10.6 Å². The molecule has 4 heteroatoms. The summed E-state index contributed by atoms with van der Waals surface area (Å²) in [6.45, 7) is 0. The molecule has 0 spiro atoms. The molecule has 12 heavy (non-hydrogen) atoms. The van der Waals surface area contributed by atoms with Gasteiger partial charge < -0.3 is 4.42 Å². The van der Waals surface area contributed by atoms with Crippen molar-refractivity contribution in [2.75, 3.05) is 0 Å². The van der Waals surface area contributed by atoms with Crippen molar-refractivity contribution in [2.24, 2.45) is 0 Å². The molecule has 2 heterocycles. The van der Waals surface area contributed by atoms with Crippen molar-refractivity contribution in [1.82, 2.24) is 9.97 Å². The van der Waals surface area contributed by atoms with Gasteiger partial charge in [0, 0.05) is 6.20 Å². The van der Waals surface area contributed by atoms with Crippen LogP contribution in [0, 0.1) is 0 Å². The van der Waals surface area contributed by atoms with E-state index in [9.17, 15) is 0 Å². The molecule has 0 unspecified atom stereocenters. The first kappa shape index (κ1) is 7.49. The highest BCUT2D eigenvalue weighted by atomic mass is 79.9. The number of nitrogens with zero attached hydrogens (tertiary/aromatic N) is 2. The van der Waals surface area contributed by atoms with Crippen molar-refractivity contribution in [2.45, 2.75) is 0 Å². The molecule has 0 amide bonds. The Labute approximate surface area is 77.6 Å². The zero-order valence-corrected chi connectivity index (χ0v) is 7.65. The molecule has 0 N–H and O–H groups in total. The standard InChI is InChI=1S/C8H5BrN2O/c9-7-5-11-8(12-7)6-3-1-2-4-10-6/h1-5H. The first-order chi connectivity index (χ1) is 5.86. The van der Waals surface area contributed by atoms with Gasteiger partial charge in [0.15, 0.2) is 4.67 Å². The molecule has 2 aromatic rings. The molecule has 0 saturated heterocycles. The SMILES string of the molecule is Brc1cnc(-c2ccccn2)o1. The molecule has 3 nitrogen and oxygen atoms in total. The Kier molecular flexibility index (Phi) is 1.91. The molecule has 0 aliphatic heterocycles. The van der Waals surface area contributed by atoms with Gasteiger partial charge in [-0.2, -0.15) is 0 Å². The van der Waals surface area contributed by atoms with Gasteiger partial charge in [-0.05, 0) is 28.1 Å². The second-order valence-electron chi connectivity index (χ2n) is 2.18. The van der Waals surface area contributed by atoms with E-state index in [0.717, 1.165) is 5.69 Å². The maximum absolute atomic E-state index is 5.21. The van der Waals surface area contributed by atoms with Crippen LogP contribution in [-0.4, -0.2) is 9.97 Å². The minimum atomic E-state index is 0.530. The van der Waals surface area contributed by atoms with Crippen LogP contribution in [0.15, 0.2) is 39.7 Å². The first-order valence-corrected chi connectivity index (χ1v) is 4.18. The number of aromatic nitrogens is 2. The number of oxazole rings is 1. The summed E-state index contributed by atoms with van der Waals surface area (Å²) in [5.41, 5.74) is 0.739. The number of pyridine rings is 1. The summed E-state index contributed by atoms with van der Waals surface area (Å²) in [7, 11) is 0. The summed E-state index contributed by atoms with van der Waals surface area (Å²) in [6, 6.07) is 5.58. The highest BCUT2D eigenvalue weighted by molar-refractivity contribution is 9.10. The van der Waals surface area contributed by atoms with Gasteiger partial charge in [0.2, 0.25) is 5.89 Å². The first-order valence-electron chi connectivity index (χ1n) is 3.39. The van der Waals surface area contributed by atoms with Gasteiger partial charge in [-0.1, -0.05) is 6.07 Å². The van der Waals surface area contributed by atoms with E-state index in [1.807, 2.05) is 18.2 Å². The lowest BCUT2D eigenvalue weighted by molar-refractivity contribution is 0.547. The van der Waals surface area contributed by atoms with Crippen molar-refractivity contribution in [3.8, 4) is 11.6 Å². The number of halogens is 1. The van der Waals surface area contributed by atoms with Crippen molar-refractivity contribution in [3.63, 3.8) is 0 Å². The van der Waals surface area contributed by atoms with Crippen molar-refractivity contribution >= 4 is 15.9 Å². The largest absolute Gasteiger partial charge is 0.428 e. The van der Waals surface area contributed by atoms with E-state index in [-0.39, 0.29) is 0 Å². The number of hydrogen-bond donors (Lipinski definition) is 0. The fourth-order valence-electron chi connectivity index (χ4n) is 0.862. The Morgan fingerprint density at radius 2 is 2.17 bits per heavy atom. The van der Waals surface area contributed by atoms with Crippen molar-refractivity contribution in [1.29, 1.82) is 0 Å². The fourth-order valence-corrected chi connectivity index (χ4v) is 1.12. The fraction of sp³-hybridized carbons (Fsp3) is 0. The van der Waals surface area contributed by atoms with Crippen LogP contribution in [0.2, 0.25) is 0 Å². The van der Waals surface area contributed by atoms with Crippen LogP contribution in [0.3, 0.4) is 0 Å². The third kappa shape index (κ3) is 1.38. The summed E-state index contributed by atoms with van der Waals surface area (Å²) >= 11 is 3.17. The van der Waals surface area contributed by atoms with Gasteiger partial charge >= 0.3 is 0 Å². The Balaban J connectivity index is 2.45. The normalized spacial score (nSPS) is 10.1. The van der Waals surface area contributed by atoms with Crippen LogP contribution >= 0.6 is 15.9 Å². The van der Waals surface area contributed by atoms with Crippen LogP contribution < -0.4 is 0 Å². The lowest BCUT2D eigenvalue weighted by Gasteiger charge is -1.90. The van der Waals surface area contributed by atoms with E-state index in [2.05, 4.69) is 25.9 Å². The summed E-state index contributed by atoms with van der Waals surface area (Å²) in [4.78, 5) is 8.10. The maximum atomic E-state index is 5.21. The van der Waals surface area contributed by atoms with Crippen LogP contribution in [-0.2, 0) is 0 Å². The molecule has 0 aromatic carbocycles. The average Bonchev–Trinajstić information content (AvgIpc) is 2.54. The van der Waals surface area contributed by atoms with Gasteiger partial charge in [0.05, 0.1) is 6.20 Å². The van der Waals surface area contributed by atoms with E-state index in [4.69, 9.17) is 4.42 Å². The smallest absolute Gasteiger partial charge is 0.246 e. The highest BCUT2D eigenvalue weighted by Gasteiger charge is 2.03. The average molecular weight is 225 g/mol. The molecule has 60 valence electrons. The van der Waals surface area contributed by atoms with Gasteiger partial charge in [-0.15, -0.1) is 0 Å². The second kappa shape index (κ2) is 3.06. The summed E-state index contributed by atoms with van der Waals surface area (Å²) in [5.74, 6) is 0.530. The Morgan fingerprint density at radius 3 is 2.75 bits per heavy atom. The van der Waals surface area contributed by atoms with E-state index in [1.54, 1.807) is 12.4 Å². The maximum Gasteiger partial charge on any atom is 0.246 e. The quantitative estimate of drug-likeness (QED) is 0.748. The molecule has 0 atom stereocenters. The minimum Gasteiger partial charge on any atom is -0.428 e. The summed E-state index contributed by atoms with van der Waals surface area (Å²) < 4.78 is 5.83. The molecule has 0 radical (unpaired) electrons. The predicted octanol–water partition coefficient (Wildman–Crippen LogP) is 2.50. The second-order valence-corrected chi connectivity index (χ2v) is 2.97. The zero-order chi connectivity index (χ0) is 8.39. The number of rotatable bonds is 1. The third-order valence-electron chi connectivity index (χ3n) is 1.36. The zero-order valence-electron chi connectivity index (χ0n) is 6.07. The molecule has 2 aromatic heterocycles. The minimum absolute atomic E-state index is 0.530. The summed E-state index contributed by atoms with van der Waals surface area (Å²) in [5, 5.41) is 0. The predicted molar refractivity (Wildman–Crippen MR) is 47.4 cm³/mol. The molecule has 2 rings (SSSR count). The summed E-state index contributed by atoms with van der Waals surface area (Å²) in [6.07, 6.45) is 3.30. The Hall–Kier alpha value is -1.16. The van der Waals surface area contributed by atoms with Crippen molar-refractivity contribution < 1.29 is 4.42 Å². The van der Waals surface area contributed by atoms with Gasteiger partial charge in [0.25, 0.3) is 0 Å². The van der Waals surface area contributed by atoms with Crippen molar-refractivity contribution in [3.05, 3.63) is 35.3 Å². The molecular weight excluding hydrogens is 220 g/mol. The molecule has 0 aliphatic rings. The van der Waals surface area contributed by atoms with Gasteiger partial charge in [-0.25, -0.2) is 4.98 Å². The highest BCUT2D eigenvalue weighted by Crippen LogP contribution is 2.19. The molecular formula is C8H5BrN2O. The van der Waals surface area contributed by atoms with Crippen LogP contribution in [0.5, 0.6) is 0 Å². The topological polar surface area (TPSA) is 38.9 Å². The van der Waals surface area contributed by atoms with Crippen LogP contribution in [0.25, 0.3) is 11.6 Å². The Morgan fingerprint density at radius 1 is 1.25 bits per heavy atom. The Bertz CT molecular complexity index is 372. The van der Waals surface area contributed by atoms with E-state index in [1.165, 1.54) is 0 Å². The van der Waals surface area contributed by atoms with E-state index < -0.39 is 0 Å². The van der Waals surface area contributed by atoms with E-state index >= 15 is 0 Å². The van der Waals surface area contributed by atoms with Gasteiger partial charge in [0.1, 0.15) is 5.69 Å². The third-order valence-corrected chi connectivity index (χ3v) is 1.73. The lowest BCUT2D eigenvalue weighted by atomic mass is 10.3. The van der Waals surface area contributed by atoms with Gasteiger partial charge in [-0.3, -0.25) is 4.98 Å². The monoisotopic (exact) mass is 224 g/mol. The van der Waals surface area contributed by atoms with Crippen LogP contribution in [0.4, 0.5) is 0 Å². The molecule has 0 fully saturated rings. The molecule has 0 aliphatic carbocycles. The number of hydrogen-bond acceptors (Lipinski definition) is 3. The van der Waals surface area contributed by atoms with Crippen LogP contribution in [0.1, 0.15) is 0 Å². The molecule has 0 saturated carbocycles.